The zero-order chi connectivity index (χ0) is 11.9. The Hall–Kier alpha value is -1.63. The van der Waals surface area contributed by atoms with E-state index in [1.54, 1.807) is 24.9 Å². The van der Waals surface area contributed by atoms with Crippen molar-refractivity contribution in [3.05, 3.63) is 12.3 Å². The molecule has 2 heterocycles. The molecule has 16 heavy (non-hydrogen) atoms. The molecule has 0 unspecified atom stereocenters. The molecule has 6 nitrogen and oxygen atoms in total. The molecule has 0 atom stereocenters. The first-order chi connectivity index (χ1) is 7.45. The van der Waals surface area contributed by atoms with Crippen LogP contribution in [0.15, 0.2) is 17.2 Å². The zero-order valence-corrected chi connectivity index (χ0v) is 9.82. The van der Waals surface area contributed by atoms with E-state index in [2.05, 4.69) is 10.1 Å². The van der Waals surface area contributed by atoms with Gasteiger partial charge in [-0.05, 0) is 6.07 Å². The number of rotatable bonds is 2. The SMILES string of the molecule is CCS(=O)(=O)c1cc2cnn(C)c2nc1N. The fourth-order valence-corrected chi connectivity index (χ4v) is 2.46. The third-order valence-electron chi connectivity index (χ3n) is 2.42. The van der Waals surface area contributed by atoms with Crippen molar-refractivity contribution in [2.45, 2.75) is 11.8 Å². The highest BCUT2D eigenvalue weighted by molar-refractivity contribution is 7.91. The molecule has 0 radical (unpaired) electrons. The van der Waals surface area contributed by atoms with Crippen LogP contribution in [-0.4, -0.2) is 28.9 Å². The summed E-state index contributed by atoms with van der Waals surface area (Å²) in [6, 6.07) is 1.52. The lowest BCUT2D eigenvalue weighted by Crippen LogP contribution is -2.09. The predicted octanol–water partition coefficient (Wildman–Crippen LogP) is 0.344. The van der Waals surface area contributed by atoms with Gasteiger partial charge in [0.1, 0.15) is 10.7 Å². The Bertz CT molecular complexity index is 645. The van der Waals surface area contributed by atoms with Crippen molar-refractivity contribution in [3.63, 3.8) is 0 Å². The van der Waals surface area contributed by atoms with Crippen LogP contribution in [-0.2, 0) is 16.9 Å². The molecule has 2 aromatic rings. The van der Waals surface area contributed by atoms with Gasteiger partial charge >= 0.3 is 0 Å². The Kier molecular flexibility index (Phi) is 2.34. The third-order valence-corrected chi connectivity index (χ3v) is 4.17. The van der Waals surface area contributed by atoms with Crippen molar-refractivity contribution in [1.29, 1.82) is 0 Å². The van der Waals surface area contributed by atoms with Gasteiger partial charge in [-0.25, -0.2) is 13.4 Å². The summed E-state index contributed by atoms with van der Waals surface area (Å²) in [5, 5.41) is 4.66. The zero-order valence-electron chi connectivity index (χ0n) is 9.01. The van der Waals surface area contributed by atoms with Crippen molar-refractivity contribution in [1.82, 2.24) is 14.8 Å². The summed E-state index contributed by atoms with van der Waals surface area (Å²) in [4.78, 5) is 4.13. The second-order valence-corrected chi connectivity index (χ2v) is 5.70. The monoisotopic (exact) mass is 240 g/mol. The number of anilines is 1. The topological polar surface area (TPSA) is 90.9 Å². The average Bonchev–Trinajstić information content (AvgIpc) is 2.59. The molecule has 0 fully saturated rings. The summed E-state index contributed by atoms with van der Waals surface area (Å²) in [5.74, 6) is 0.0305. The van der Waals surface area contributed by atoms with Crippen LogP contribution in [0.5, 0.6) is 0 Å². The Morgan fingerprint density at radius 1 is 1.50 bits per heavy atom. The Balaban J connectivity index is 2.78. The van der Waals surface area contributed by atoms with Gasteiger partial charge < -0.3 is 5.73 Å². The second kappa shape index (κ2) is 3.44. The smallest absolute Gasteiger partial charge is 0.181 e. The lowest BCUT2D eigenvalue weighted by molar-refractivity contribution is 0.597. The van der Waals surface area contributed by atoms with Crippen LogP contribution < -0.4 is 5.73 Å². The van der Waals surface area contributed by atoms with E-state index >= 15 is 0 Å². The van der Waals surface area contributed by atoms with Crippen LogP contribution in [0, 0.1) is 0 Å². The number of aryl methyl sites for hydroxylation is 1. The molecule has 7 heteroatoms. The summed E-state index contributed by atoms with van der Waals surface area (Å²) in [6.07, 6.45) is 1.57. The summed E-state index contributed by atoms with van der Waals surface area (Å²) in [5.41, 5.74) is 6.22. The van der Waals surface area contributed by atoms with Gasteiger partial charge in [0, 0.05) is 12.4 Å². The summed E-state index contributed by atoms with van der Waals surface area (Å²) < 4.78 is 25.0. The highest BCUT2D eigenvalue weighted by Gasteiger charge is 2.18. The highest BCUT2D eigenvalue weighted by atomic mass is 32.2. The molecular weight excluding hydrogens is 228 g/mol. The van der Waals surface area contributed by atoms with Crippen molar-refractivity contribution in [2.75, 3.05) is 11.5 Å². The van der Waals surface area contributed by atoms with Gasteiger partial charge in [0.05, 0.1) is 11.9 Å². The van der Waals surface area contributed by atoms with Crippen LogP contribution >= 0.6 is 0 Å². The molecule has 0 aromatic carbocycles. The van der Waals surface area contributed by atoms with E-state index in [1.807, 2.05) is 0 Å². The summed E-state index contributed by atoms with van der Waals surface area (Å²) in [7, 11) is -1.61. The van der Waals surface area contributed by atoms with Crippen LogP contribution in [0.25, 0.3) is 11.0 Å². The first-order valence-electron chi connectivity index (χ1n) is 4.76. The lowest BCUT2D eigenvalue weighted by Gasteiger charge is -2.04. The number of hydrogen-bond acceptors (Lipinski definition) is 5. The molecule has 0 aliphatic rings. The fourth-order valence-electron chi connectivity index (χ4n) is 1.48. The van der Waals surface area contributed by atoms with Gasteiger partial charge in [0.15, 0.2) is 15.5 Å². The number of nitrogens with two attached hydrogens (primary N) is 1. The lowest BCUT2D eigenvalue weighted by atomic mass is 10.3. The summed E-state index contributed by atoms with van der Waals surface area (Å²) in [6.45, 7) is 1.57. The molecule has 0 bridgehead atoms. The predicted molar refractivity (Wildman–Crippen MR) is 60.6 cm³/mol. The number of fused-ring (bicyclic) bond motifs is 1. The third kappa shape index (κ3) is 1.53. The van der Waals surface area contributed by atoms with E-state index in [0.717, 1.165) is 0 Å². The minimum atomic E-state index is -3.34. The van der Waals surface area contributed by atoms with E-state index in [9.17, 15) is 8.42 Å². The highest BCUT2D eigenvalue weighted by Crippen LogP contribution is 2.22. The molecule has 0 spiro atoms. The normalized spacial score (nSPS) is 12.1. The maximum Gasteiger partial charge on any atom is 0.181 e. The van der Waals surface area contributed by atoms with Gasteiger partial charge in [-0.15, -0.1) is 0 Å². The Morgan fingerprint density at radius 2 is 2.19 bits per heavy atom. The molecule has 0 amide bonds. The maximum absolute atomic E-state index is 11.7. The van der Waals surface area contributed by atoms with Gasteiger partial charge in [0.25, 0.3) is 0 Å². The van der Waals surface area contributed by atoms with Crippen LogP contribution in [0.4, 0.5) is 5.82 Å². The number of nitrogens with zero attached hydrogens (tertiary/aromatic N) is 3. The molecule has 0 saturated heterocycles. The molecular formula is C9H12N4O2S. The minimum Gasteiger partial charge on any atom is -0.383 e. The molecule has 86 valence electrons. The quantitative estimate of drug-likeness (QED) is 0.817. The van der Waals surface area contributed by atoms with Crippen molar-refractivity contribution >= 4 is 26.7 Å². The maximum atomic E-state index is 11.7. The number of aromatic nitrogens is 3. The van der Waals surface area contributed by atoms with Gasteiger partial charge in [-0.3, -0.25) is 4.68 Å². The van der Waals surface area contributed by atoms with Crippen molar-refractivity contribution in [3.8, 4) is 0 Å². The molecule has 2 N–H and O–H groups in total. The molecule has 0 saturated carbocycles. The van der Waals surface area contributed by atoms with E-state index in [-0.39, 0.29) is 16.5 Å². The van der Waals surface area contributed by atoms with E-state index in [4.69, 9.17) is 5.73 Å². The molecule has 0 aliphatic heterocycles. The Morgan fingerprint density at radius 3 is 2.81 bits per heavy atom. The number of hydrogen-bond donors (Lipinski definition) is 1. The Labute approximate surface area is 93.0 Å². The second-order valence-electron chi connectivity index (χ2n) is 3.46. The molecule has 0 aliphatic carbocycles. The van der Waals surface area contributed by atoms with Crippen LogP contribution in [0.2, 0.25) is 0 Å². The van der Waals surface area contributed by atoms with Gasteiger partial charge in [0.2, 0.25) is 0 Å². The van der Waals surface area contributed by atoms with Crippen molar-refractivity contribution < 1.29 is 8.42 Å². The summed E-state index contributed by atoms with van der Waals surface area (Å²) >= 11 is 0. The fraction of sp³-hybridized carbons (Fsp3) is 0.333. The first-order valence-corrected chi connectivity index (χ1v) is 6.42. The van der Waals surface area contributed by atoms with Crippen LogP contribution in [0.1, 0.15) is 6.92 Å². The number of nitrogen functional groups attached to an aromatic ring is 1. The standard InChI is InChI=1S/C9H12N4O2S/c1-3-16(14,15)7-4-6-5-11-13(2)9(6)12-8(7)10/h4-5H,3H2,1-2H3,(H2,10,12). The van der Waals surface area contributed by atoms with Crippen molar-refractivity contribution in [2.24, 2.45) is 7.05 Å². The van der Waals surface area contributed by atoms with E-state index < -0.39 is 9.84 Å². The van der Waals surface area contributed by atoms with E-state index in [0.29, 0.717) is 11.0 Å². The van der Waals surface area contributed by atoms with Gasteiger partial charge in [-0.1, -0.05) is 6.92 Å². The molecule has 2 aromatic heterocycles. The van der Waals surface area contributed by atoms with E-state index in [1.165, 1.54) is 6.07 Å². The van der Waals surface area contributed by atoms with Gasteiger partial charge in [-0.2, -0.15) is 5.10 Å². The number of sulfone groups is 1. The van der Waals surface area contributed by atoms with Crippen LogP contribution in [0.3, 0.4) is 0 Å². The molecule has 2 rings (SSSR count). The largest absolute Gasteiger partial charge is 0.383 e. The number of pyridine rings is 1. The average molecular weight is 240 g/mol. The minimum absolute atomic E-state index is 0.00461. The first kappa shape index (κ1) is 10.9.